The van der Waals surface area contributed by atoms with E-state index in [1.54, 1.807) is 0 Å². The van der Waals surface area contributed by atoms with Gasteiger partial charge in [0.2, 0.25) is 0 Å². The summed E-state index contributed by atoms with van der Waals surface area (Å²) in [6.07, 6.45) is 0. The summed E-state index contributed by atoms with van der Waals surface area (Å²) in [4.78, 5) is 0. The first-order chi connectivity index (χ1) is 21.3. The average molecular weight is 551 g/mol. The molecule has 0 saturated carbocycles. The maximum Gasteiger partial charge on any atom is 0.135 e. The summed E-state index contributed by atoms with van der Waals surface area (Å²) < 4.78 is 8.51. The Hall–Kier alpha value is -5.80. The fourth-order valence-electron chi connectivity index (χ4n) is 6.66. The van der Waals surface area contributed by atoms with Crippen LogP contribution in [-0.4, -0.2) is 4.57 Å². The molecule has 0 aliphatic carbocycles. The van der Waals surface area contributed by atoms with Crippen LogP contribution in [-0.2, 0) is 0 Å². The van der Waals surface area contributed by atoms with Crippen molar-refractivity contribution < 1.29 is 4.42 Å². The monoisotopic (exact) mass is 550 g/mol. The number of benzene rings is 7. The Kier molecular flexibility index (Phi) is 5.20. The molecule has 0 bridgehead atoms. The lowest BCUT2D eigenvalue weighted by Gasteiger charge is -2.14. The van der Waals surface area contributed by atoms with Crippen LogP contribution in [0.2, 0.25) is 0 Å². The zero-order chi connectivity index (χ0) is 28.3. The van der Waals surface area contributed by atoms with E-state index in [-0.39, 0.29) is 0 Å². The Labute approximate surface area is 248 Å². The number of fused-ring (bicyclic) bond motifs is 8. The number of hydrogen-bond acceptors (Lipinski definition) is 2. The lowest BCUT2D eigenvalue weighted by molar-refractivity contribution is 0.669. The Morgan fingerprint density at radius 2 is 1.23 bits per heavy atom. The third kappa shape index (κ3) is 3.68. The standard InChI is InChI=1S/C40H26N2O/c1-2-12-28(13-3-1)42-36-19-10-18-35(39(36)32-23-21-26-11-4-5-15-30(26)40(32)42)41-34-17-8-6-14-29(34)27-22-24-38-33(25-27)31-16-7-9-20-37(31)43-38/h1-25,41H. The molecule has 0 amide bonds. The average Bonchev–Trinajstić information content (AvgIpc) is 3.62. The minimum absolute atomic E-state index is 0.904. The van der Waals surface area contributed by atoms with Crippen molar-refractivity contribution in [2.24, 2.45) is 0 Å². The molecular weight excluding hydrogens is 524 g/mol. The maximum atomic E-state index is 6.11. The van der Waals surface area contributed by atoms with Gasteiger partial charge in [-0.1, -0.05) is 103 Å². The van der Waals surface area contributed by atoms with Gasteiger partial charge in [0.25, 0.3) is 0 Å². The molecule has 0 atom stereocenters. The topological polar surface area (TPSA) is 30.1 Å². The number of furan rings is 1. The molecule has 2 heterocycles. The van der Waals surface area contributed by atoms with Crippen LogP contribution in [0.1, 0.15) is 0 Å². The molecule has 0 aliphatic rings. The van der Waals surface area contributed by atoms with Crippen molar-refractivity contribution in [3.8, 4) is 16.8 Å². The Bertz CT molecular complexity index is 2480. The minimum Gasteiger partial charge on any atom is -0.456 e. The van der Waals surface area contributed by atoms with E-state index < -0.39 is 0 Å². The fourth-order valence-corrected chi connectivity index (χ4v) is 6.66. The highest BCUT2D eigenvalue weighted by Gasteiger charge is 2.18. The molecule has 0 spiro atoms. The van der Waals surface area contributed by atoms with E-state index in [4.69, 9.17) is 4.42 Å². The van der Waals surface area contributed by atoms with Crippen molar-refractivity contribution in [2.45, 2.75) is 0 Å². The Balaban J connectivity index is 1.26. The minimum atomic E-state index is 0.904. The van der Waals surface area contributed by atoms with E-state index >= 15 is 0 Å². The molecule has 0 aliphatic heterocycles. The molecule has 0 saturated heterocycles. The van der Waals surface area contributed by atoms with Crippen LogP contribution >= 0.6 is 0 Å². The Morgan fingerprint density at radius 1 is 0.488 bits per heavy atom. The summed E-state index contributed by atoms with van der Waals surface area (Å²) in [5.74, 6) is 0. The second kappa shape index (κ2) is 9.37. The van der Waals surface area contributed by atoms with Gasteiger partial charge in [-0.15, -0.1) is 0 Å². The number of rotatable bonds is 4. The lowest BCUT2D eigenvalue weighted by atomic mass is 10.0. The summed E-state index contributed by atoms with van der Waals surface area (Å²) in [7, 11) is 0. The van der Waals surface area contributed by atoms with Crippen LogP contribution in [0.4, 0.5) is 11.4 Å². The second-order valence-corrected chi connectivity index (χ2v) is 11.0. The summed E-state index contributed by atoms with van der Waals surface area (Å²) in [5, 5.41) is 11.0. The molecule has 0 unspecified atom stereocenters. The van der Waals surface area contributed by atoms with Gasteiger partial charge in [0.05, 0.1) is 11.0 Å². The van der Waals surface area contributed by atoms with Gasteiger partial charge in [-0.2, -0.15) is 0 Å². The van der Waals surface area contributed by atoms with Crippen molar-refractivity contribution in [3.63, 3.8) is 0 Å². The third-order valence-electron chi connectivity index (χ3n) is 8.58. The molecular formula is C40H26N2O. The fraction of sp³-hybridized carbons (Fsp3) is 0. The van der Waals surface area contributed by atoms with E-state index in [1.807, 2.05) is 12.1 Å². The summed E-state index contributed by atoms with van der Waals surface area (Å²) in [6.45, 7) is 0. The third-order valence-corrected chi connectivity index (χ3v) is 8.58. The van der Waals surface area contributed by atoms with Crippen molar-refractivity contribution in [2.75, 3.05) is 5.32 Å². The predicted molar refractivity (Wildman–Crippen MR) is 181 cm³/mol. The van der Waals surface area contributed by atoms with Gasteiger partial charge in [-0.05, 0) is 59.5 Å². The van der Waals surface area contributed by atoms with Crippen molar-refractivity contribution in [3.05, 3.63) is 152 Å². The smallest absolute Gasteiger partial charge is 0.135 e. The van der Waals surface area contributed by atoms with Crippen LogP contribution in [0.5, 0.6) is 0 Å². The zero-order valence-electron chi connectivity index (χ0n) is 23.3. The van der Waals surface area contributed by atoms with Crippen LogP contribution in [0.15, 0.2) is 156 Å². The normalized spacial score (nSPS) is 11.7. The molecule has 1 N–H and O–H groups in total. The van der Waals surface area contributed by atoms with Gasteiger partial charge in [-0.25, -0.2) is 0 Å². The van der Waals surface area contributed by atoms with Crippen LogP contribution in [0.3, 0.4) is 0 Å². The summed E-state index contributed by atoms with van der Waals surface area (Å²) in [6, 6.07) is 53.7. The first kappa shape index (κ1) is 23.9. The quantitative estimate of drug-likeness (QED) is 0.236. The van der Waals surface area contributed by atoms with Gasteiger partial charge in [-0.3, -0.25) is 0 Å². The van der Waals surface area contributed by atoms with Gasteiger partial charge in [0.15, 0.2) is 0 Å². The predicted octanol–water partition coefficient (Wildman–Crippen LogP) is 11.2. The highest BCUT2D eigenvalue weighted by molar-refractivity contribution is 6.22. The van der Waals surface area contributed by atoms with Gasteiger partial charge in [0, 0.05) is 49.6 Å². The molecule has 9 rings (SSSR count). The number of aromatic nitrogens is 1. The van der Waals surface area contributed by atoms with Gasteiger partial charge in [0.1, 0.15) is 11.2 Å². The number of anilines is 2. The summed E-state index contributed by atoms with van der Waals surface area (Å²) >= 11 is 0. The molecule has 0 radical (unpaired) electrons. The number of para-hydroxylation sites is 3. The van der Waals surface area contributed by atoms with Crippen LogP contribution < -0.4 is 5.32 Å². The highest BCUT2D eigenvalue weighted by Crippen LogP contribution is 2.42. The number of nitrogens with zero attached hydrogens (tertiary/aromatic N) is 1. The van der Waals surface area contributed by atoms with Crippen LogP contribution in [0, 0.1) is 0 Å². The summed E-state index contributed by atoms with van der Waals surface area (Å²) in [5.41, 5.74) is 9.79. The first-order valence-electron chi connectivity index (χ1n) is 14.6. The van der Waals surface area contributed by atoms with Crippen molar-refractivity contribution >= 4 is 65.9 Å². The SMILES string of the molecule is c1ccc(-n2c3cccc(Nc4ccccc4-c4ccc5oc6ccccc6c5c4)c3c3ccc4ccccc4c32)cc1. The number of hydrogen-bond donors (Lipinski definition) is 1. The molecule has 2 aromatic heterocycles. The molecule has 3 heteroatoms. The van der Waals surface area contributed by atoms with Crippen LogP contribution in [0.25, 0.3) is 71.3 Å². The zero-order valence-corrected chi connectivity index (χ0v) is 23.3. The molecule has 3 nitrogen and oxygen atoms in total. The van der Waals surface area contributed by atoms with Crippen molar-refractivity contribution in [1.82, 2.24) is 4.57 Å². The lowest BCUT2D eigenvalue weighted by Crippen LogP contribution is -1.96. The molecule has 7 aromatic carbocycles. The van der Waals surface area contributed by atoms with E-state index in [1.165, 1.54) is 32.6 Å². The molecule has 9 aromatic rings. The Morgan fingerprint density at radius 3 is 2.16 bits per heavy atom. The van der Waals surface area contributed by atoms with Crippen molar-refractivity contribution in [1.29, 1.82) is 0 Å². The van der Waals surface area contributed by atoms with E-state index in [9.17, 15) is 0 Å². The second-order valence-electron chi connectivity index (χ2n) is 11.0. The number of nitrogens with one attached hydrogen (secondary N) is 1. The van der Waals surface area contributed by atoms with Gasteiger partial charge < -0.3 is 14.3 Å². The maximum absolute atomic E-state index is 6.11. The molecule has 0 fully saturated rings. The largest absolute Gasteiger partial charge is 0.456 e. The molecule has 202 valence electrons. The molecule has 43 heavy (non-hydrogen) atoms. The van der Waals surface area contributed by atoms with E-state index in [0.29, 0.717) is 0 Å². The van der Waals surface area contributed by atoms with E-state index in [2.05, 4.69) is 149 Å². The first-order valence-corrected chi connectivity index (χ1v) is 14.6. The van der Waals surface area contributed by atoms with Gasteiger partial charge >= 0.3 is 0 Å². The highest BCUT2D eigenvalue weighted by atomic mass is 16.3. The van der Waals surface area contributed by atoms with E-state index in [0.717, 1.165) is 50.1 Å².